The first-order valence-corrected chi connectivity index (χ1v) is 5.70. The van der Waals surface area contributed by atoms with Crippen LogP contribution in [0.4, 0.5) is 15.8 Å². The number of hydrogen-bond acceptors (Lipinski definition) is 2. The van der Waals surface area contributed by atoms with Crippen LogP contribution in [0.2, 0.25) is 0 Å². The van der Waals surface area contributed by atoms with E-state index >= 15 is 0 Å². The van der Waals surface area contributed by atoms with Crippen LogP contribution in [0.5, 0.6) is 0 Å². The monoisotopic (exact) mass is 290 g/mol. The number of halogens is 2. The molecule has 0 unspecified atom stereocenters. The van der Waals surface area contributed by atoms with E-state index < -0.39 is 5.82 Å². The molecule has 0 saturated heterocycles. The van der Waals surface area contributed by atoms with Gasteiger partial charge in [-0.25, -0.2) is 4.39 Å². The Hall–Kier alpha value is -1.86. The van der Waals surface area contributed by atoms with Crippen molar-refractivity contribution in [2.75, 3.05) is 5.32 Å². The number of nitrogens with zero attached hydrogens (tertiary/aromatic N) is 1. The molecule has 0 aliphatic carbocycles. The summed E-state index contributed by atoms with van der Waals surface area (Å²) in [5.41, 5.74) is 1.51. The van der Waals surface area contributed by atoms with E-state index in [-0.39, 0.29) is 5.56 Å². The molecule has 17 heavy (non-hydrogen) atoms. The van der Waals surface area contributed by atoms with Crippen LogP contribution >= 0.6 is 15.9 Å². The average Bonchev–Trinajstić information content (AvgIpc) is 2.29. The molecule has 84 valence electrons. The minimum absolute atomic E-state index is 0.0461. The Balaban J connectivity index is 2.25. The van der Waals surface area contributed by atoms with E-state index in [1.54, 1.807) is 12.1 Å². The minimum atomic E-state index is -0.521. The maximum Gasteiger partial charge on any atom is 0.143 e. The van der Waals surface area contributed by atoms with Gasteiger partial charge in [0.1, 0.15) is 11.9 Å². The molecule has 0 amide bonds. The summed E-state index contributed by atoms with van der Waals surface area (Å²) in [5.74, 6) is -0.521. The van der Waals surface area contributed by atoms with Crippen molar-refractivity contribution < 1.29 is 4.39 Å². The highest BCUT2D eigenvalue weighted by Crippen LogP contribution is 2.21. The van der Waals surface area contributed by atoms with Gasteiger partial charge in [0.15, 0.2) is 0 Å². The average molecular weight is 291 g/mol. The van der Waals surface area contributed by atoms with Crippen molar-refractivity contribution in [2.45, 2.75) is 0 Å². The van der Waals surface area contributed by atoms with Gasteiger partial charge in [0.05, 0.1) is 5.56 Å². The van der Waals surface area contributed by atoms with Crippen LogP contribution in [0.3, 0.4) is 0 Å². The van der Waals surface area contributed by atoms with Crippen LogP contribution in [0.25, 0.3) is 0 Å². The molecule has 1 N–H and O–H groups in total. The van der Waals surface area contributed by atoms with Crippen LogP contribution < -0.4 is 5.32 Å². The number of anilines is 2. The molecular formula is C13H8BrFN2. The lowest BCUT2D eigenvalue weighted by atomic mass is 10.2. The quantitative estimate of drug-likeness (QED) is 0.900. The van der Waals surface area contributed by atoms with Crippen molar-refractivity contribution in [3.8, 4) is 6.07 Å². The Labute approximate surface area is 107 Å². The third-order valence-corrected chi connectivity index (χ3v) is 2.70. The molecule has 0 spiro atoms. The van der Waals surface area contributed by atoms with Crippen molar-refractivity contribution >= 4 is 27.3 Å². The second-order valence-corrected chi connectivity index (χ2v) is 4.36. The van der Waals surface area contributed by atoms with E-state index in [0.717, 1.165) is 10.2 Å². The second-order valence-electron chi connectivity index (χ2n) is 3.44. The molecule has 2 aromatic carbocycles. The Morgan fingerprint density at radius 1 is 1.12 bits per heavy atom. The minimum Gasteiger partial charge on any atom is -0.355 e. The number of benzene rings is 2. The fraction of sp³-hybridized carbons (Fsp3) is 0. The summed E-state index contributed by atoms with van der Waals surface area (Å²) in [6.07, 6.45) is 0. The lowest BCUT2D eigenvalue weighted by Gasteiger charge is -2.07. The van der Waals surface area contributed by atoms with Gasteiger partial charge in [0.2, 0.25) is 0 Å². The van der Waals surface area contributed by atoms with Crippen LogP contribution in [0, 0.1) is 17.1 Å². The number of nitriles is 1. The fourth-order valence-corrected chi connectivity index (χ4v) is 1.82. The van der Waals surface area contributed by atoms with Crippen molar-refractivity contribution in [1.29, 1.82) is 5.26 Å². The molecule has 2 rings (SSSR count). The first kappa shape index (κ1) is 11.6. The summed E-state index contributed by atoms with van der Waals surface area (Å²) in [5, 5.41) is 11.7. The molecule has 0 aromatic heterocycles. The van der Waals surface area contributed by atoms with Crippen LogP contribution in [0.15, 0.2) is 46.9 Å². The number of hydrogen-bond donors (Lipinski definition) is 1. The molecule has 2 aromatic rings. The smallest absolute Gasteiger partial charge is 0.143 e. The molecule has 0 aliphatic heterocycles. The van der Waals surface area contributed by atoms with Gasteiger partial charge < -0.3 is 5.32 Å². The topological polar surface area (TPSA) is 35.8 Å². The molecule has 4 heteroatoms. The van der Waals surface area contributed by atoms with Crippen molar-refractivity contribution in [3.63, 3.8) is 0 Å². The van der Waals surface area contributed by atoms with E-state index in [9.17, 15) is 4.39 Å². The molecule has 0 aliphatic rings. The zero-order chi connectivity index (χ0) is 12.3. The summed E-state index contributed by atoms with van der Waals surface area (Å²) in [6, 6.07) is 13.8. The summed E-state index contributed by atoms with van der Waals surface area (Å²) in [7, 11) is 0. The Bertz CT molecular complexity index is 590. The van der Waals surface area contributed by atoms with Crippen molar-refractivity contribution in [2.24, 2.45) is 0 Å². The van der Waals surface area contributed by atoms with Gasteiger partial charge in [-0.15, -0.1) is 0 Å². The SMILES string of the molecule is N#Cc1ccc(Nc2cccc(Br)c2)cc1F. The summed E-state index contributed by atoms with van der Waals surface area (Å²) < 4.78 is 14.3. The maximum atomic E-state index is 13.4. The van der Waals surface area contributed by atoms with E-state index in [4.69, 9.17) is 5.26 Å². The largest absolute Gasteiger partial charge is 0.355 e. The zero-order valence-corrected chi connectivity index (χ0v) is 10.3. The van der Waals surface area contributed by atoms with Gasteiger partial charge in [-0.3, -0.25) is 0 Å². The highest BCUT2D eigenvalue weighted by Gasteiger charge is 2.02. The Morgan fingerprint density at radius 2 is 1.88 bits per heavy atom. The van der Waals surface area contributed by atoms with Crippen LogP contribution in [-0.2, 0) is 0 Å². The van der Waals surface area contributed by atoms with E-state index in [0.29, 0.717) is 5.69 Å². The van der Waals surface area contributed by atoms with Gasteiger partial charge in [-0.1, -0.05) is 22.0 Å². The lowest BCUT2D eigenvalue weighted by Crippen LogP contribution is -1.92. The van der Waals surface area contributed by atoms with E-state index in [1.165, 1.54) is 12.1 Å². The molecule has 2 nitrogen and oxygen atoms in total. The first-order valence-electron chi connectivity index (χ1n) is 4.91. The standard InChI is InChI=1S/C13H8BrFN2/c14-10-2-1-3-11(6-10)17-12-5-4-9(8-16)13(15)7-12/h1-7,17H. The van der Waals surface area contributed by atoms with E-state index in [1.807, 2.05) is 24.3 Å². The van der Waals surface area contributed by atoms with Gasteiger partial charge in [-0.05, 0) is 36.4 Å². The first-order chi connectivity index (χ1) is 8.19. The van der Waals surface area contributed by atoms with Crippen molar-refractivity contribution in [3.05, 3.63) is 58.3 Å². The third kappa shape index (κ3) is 2.83. The molecule has 0 saturated carbocycles. The van der Waals surface area contributed by atoms with Gasteiger partial charge in [0.25, 0.3) is 0 Å². The van der Waals surface area contributed by atoms with Gasteiger partial charge in [-0.2, -0.15) is 5.26 Å². The molecule has 0 atom stereocenters. The highest BCUT2D eigenvalue weighted by atomic mass is 79.9. The van der Waals surface area contributed by atoms with E-state index in [2.05, 4.69) is 21.2 Å². The molecule has 0 fully saturated rings. The number of nitrogens with one attached hydrogen (secondary N) is 1. The van der Waals surface area contributed by atoms with Gasteiger partial charge >= 0.3 is 0 Å². The lowest BCUT2D eigenvalue weighted by molar-refractivity contribution is 0.624. The summed E-state index contributed by atoms with van der Waals surface area (Å²) >= 11 is 3.36. The predicted molar refractivity (Wildman–Crippen MR) is 68.5 cm³/mol. The zero-order valence-electron chi connectivity index (χ0n) is 8.74. The third-order valence-electron chi connectivity index (χ3n) is 2.20. The summed E-state index contributed by atoms with van der Waals surface area (Å²) in [4.78, 5) is 0. The predicted octanol–water partition coefficient (Wildman–Crippen LogP) is 4.20. The fourth-order valence-electron chi connectivity index (χ4n) is 1.42. The van der Waals surface area contributed by atoms with Crippen molar-refractivity contribution in [1.82, 2.24) is 0 Å². The molecule has 0 heterocycles. The van der Waals surface area contributed by atoms with Gasteiger partial charge in [0, 0.05) is 15.8 Å². The molecular weight excluding hydrogens is 283 g/mol. The Morgan fingerprint density at radius 3 is 2.53 bits per heavy atom. The van der Waals surface area contributed by atoms with Crippen LogP contribution in [-0.4, -0.2) is 0 Å². The normalized spacial score (nSPS) is 9.71. The second kappa shape index (κ2) is 4.98. The van der Waals surface area contributed by atoms with Crippen LogP contribution in [0.1, 0.15) is 5.56 Å². The number of rotatable bonds is 2. The highest BCUT2D eigenvalue weighted by molar-refractivity contribution is 9.10. The molecule has 0 bridgehead atoms. The Kier molecular flexibility index (Phi) is 3.40. The summed E-state index contributed by atoms with van der Waals surface area (Å²) in [6.45, 7) is 0. The maximum absolute atomic E-state index is 13.4. The molecule has 0 radical (unpaired) electrons.